The van der Waals surface area contributed by atoms with E-state index in [2.05, 4.69) is 53.8 Å². The molecule has 3 aromatic carbocycles. The molecule has 9 heteroatoms. The molecule has 0 bridgehead atoms. The predicted molar refractivity (Wildman–Crippen MR) is 180 cm³/mol. The average Bonchev–Trinajstić information content (AvgIpc) is 3.00. The van der Waals surface area contributed by atoms with Crippen molar-refractivity contribution in [2.75, 3.05) is 24.2 Å². The zero-order valence-electron chi connectivity index (χ0n) is 25.9. The molecule has 5 rings (SSSR count). The number of amides is 1. The Morgan fingerprint density at radius 2 is 1.68 bits per heavy atom. The number of hydrogen-bond donors (Lipinski definition) is 1. The first-order chi connectivity index (χ1) is 21.0. The summed E-state index contributed by atoms with van der Waals surface area (Å²) in [6, 6.07) is 25.4. The topological polar surface area (TPSA) is 75.7 Å². The van der Waals surface area contributed by atoms with Crippen LogP contribution in [-0.2, 0) is 20.0 Å². The number of carbonyl (C=O) groups excluding carboxylic acids is 1. The molecule has 6 nitrogen and oxygen atoms in total. The van der Waals surface area contributed by atoms with Gasteiger partial charge >= 0.3 is 276 Å². The van der Waals surface area contributed by atoms with E-state index in [-0.39, 0.29) is 28.0 Å². The van der Waals surface area contributed by atoms with Crippen molar-refractivity contribution in [3.05, 3.63) is 101 Å². The molecular weight excluding hydrogens is 655 g/mol. The van der Waals surface area contributed by atoms with Crippen LogP contribution >= 0.6 is 11.6 Å². The molecule has 0 radical (unpaired) electrons. The summed E-state index contributed by atoms with van der Waals surface area (Å²) in [6.45, 7) is 8.28. The molecule has 3 unspecified atom stereocenters. The normalized spacial score (nSPS) is 19.2. The Morgan fingerprint density at radius 1 is 1.02 bits per heavy atom. The van der Waals surface area contributed by atoms with E-state index in [4.69, 9.17) is 16.3 Å². The number of benzene rings is 3. The van der Waals surface area contributed by atoms with Crippen molar-refractivity contribution in [3.63, 3.8) is 0 Å². The number of sulfone groups is 1. The summed E-state index contributed by atoms with van der Waals surface area (Å²) in [6.07, 6.45) is 3.33. The van der Waals surface area contributed by atoms with Gasteiger partial charge in [0.2, 0.25) is 0 Å². The first kappa shape index (κ1) is 33.1. The third-order valence-electron chi connectivity index (χ3n) is 8.84. The van der Waals surface area contributed by atoms with Gasteiger partial charge in [0.05, 0.1) is 0 Å². The number of fused-ring (bicyclic) bond motifs is 2. The van der Waals surface area contributed by atoms with Crippen LogP contribution in [0.3, 0.4) is 0 Å². The fourth-order valence-corrected chi connectivity index (χ4v) is 13.0. The SMILES string of the molecule is CC(C)(C)OC(=O)N1CC2(CCNCC2)c2ccccc2C1CCC(C[AsH]CS(=O)(=O)c1ccc(Cl)cc1)c1ccccc1. The van der Waals surface area contributed by atoms with Gasteiger partial charge in [-0.15, -0.1) is 0 Å². The number of nitrogens with zero attached hydrogens (tertiary/aromatic N) is 1. The standard InChI is InChI=1S/C35H44AsClN2O4S/c1-34(2,3)43-33(40)39-24-35(19-21-38-22-20-35)31-12-8-7-11-30(31)32(39)18-13-27(26-9-5-4-6-10-26)23-36-25-44(41,42)29-16-14-28(37)15-17-29/h4-12,14-17,27,32,36,38H,13,18-25H2,1-3H3. The van der Waals surface area contributed by atoms with Crippen molar-refractivity contribution >= 4 is 43.3 Å². The molecule has 1 fully saturated rings. The van der Waals surface area contributed by atoms with Crippen LogP contribution in [0.4, 0.5) is 4.79 Å². The van der Waals surface area contributed by atoms with Gasteiger partial charge in [-0.1, -0.05) is 0 Å². The van der Waals surface area contributed by atoms with Crippen LogP contribution in [-0.4, -0.2) is 64.9 Å². The molecule has 2 aliphatic heterocycles. The molecule has 2 aliphatic rings. The summed E-state index contributed by atoms with van der Waals surface area (Å²) in [7, 11) is -3.36. The van der Waals surface area contributed by atoms with E-state index < -0.39 is 31.2 Å². The molecule has 0 aromatic heterocycles. The van der Waals surface area contributed by atoms with Gasteiger partial charge in [-0.25, -0.2) is 0 Å². The maximum absolute atomic E-state index is 13.8. The average molecular weight is 699 g/mol. The summed E-state index contributed by atoms with van der Waals surface area (Å²) in [5, 5.41) is 4.88. The van der Waals surface area contributed by atoms with Crippen LogP contribution in [0.15, 0.2) is 83.8 Å². The monoisotopic (exact) mass is 698 g/mol. The van der Waals surface area contributed by atoms with Crippen molar-refractivity contribution in [1.82, 2.24) is 10.2 Å². The summed E-state index contributed by atoms with van der Waals surface area (Å²) in [5.41, 5.74) is 3.14. The summed E-state index contributed by atoms with van der Waals surface area (Å²) < 4.78 is 32.4. The first-order valence-corrected chi connectivity index (χ1v) is 20.5. The second kappa shape index (κ2) is 14.0. The third kappa shape index (κ3) is 7.91. The van der Waals surface area contributed by atoms with E-state index >= 15 is 0 Å². The summed E-state index contributed by atoms with van der Waals surface area (Å²) in [5.74, 6) is 0.207. The molecule has 0 saturated carbocycles. The van der Waals surface area contributed by atoms with Crippen molar-refractivity contribution in [2.45, 2.75) is 79.5 Å². The molecule has 1 spiro atoms. The molecule has 0 aliphatic carbocycles. The molecule has 3 aromatic rings. The third-order valence-corrected chi connectivity index (χ3v) is 16.0. The molecule has 44 heavy (non-hydrogen) atoms. The number of hydrogen-bond acceptors (Lipinski definition) is 5. The van der Waals surface area contributed by atoms with Crippen LogP contribution in [0.25, 0.3) is 0 Å². The minimum absolute atomic E-state index is 0.0870. The van der Waals surface area contributed by atoms with Crippen LogP contribution in [0.2, 0.25) is 10.2 Å². The van der Waals surface area contributed by atoms with E-state index in [0.717, 1.165) is 44.0 Å². The quantitative estimate of drug-likeness (QED) is 0.241. The van der Waals surface area contributed by atoms with Crippen LogP contribution < -0.4 is 5.32 Å². The number of nitrogens with one attached hydrogen (secondary N) is 1. The Kier molecular flexibility index (Phi) is 10.5. The van der Waals surface area contributed by atoms with E-state index in [1.54, 1.807) is 24.3 Å². The Morgan fingerprint density at radius 3 is 2.36 bits per heavy atom. The first-order valence-electron chi connectivity index (χ1n) is 15.5. The van der Waals surface area contributed by atoms with Crippen LogP contribution in [0.1, 0.15) is 75.1 Å². The fraction of sp³-hybridized carbons (Fsp3) is 0.457. The summed E-state index contributed by atoms with van der Waals surface area (Å²) in [4.78, 5) is 16.2. The maximum atomic E-state index is 13.8. The Labute approximate surface area is 274 Å². The molecule has 1 amide bonds. The molecule has 1 saturated heterocycles. The Balaban J connectivity index is 1.39. The van der Waals surface area contributed by atoms with Gasteiger partial charge in [-0.3, -0.25) is 0 Å². The van der Waals surface area contributed by atoms with Crippen molar-refractivity contribution in [1.29, 1.82) is 0 Å². The molecular formula is C35H44AsClN2O4S. The minimum atomic E-state index is -3.36. The summed E-state index contributed by atoms with van der Waals surface area (Å²) >= 11 is 5.18. The van der Waals surface area contributed by atoms with Gasteiger partial charge in [0.15, 0.2) is 0 Å². The second-order valence-electron chi connectivity index (χ2n) is 13.1. The van der Waals surface area contributed by atoms with Gasteiger partial charge in [0.1, 0.15) is 0 Å². The van der Waals surface area contributed by atoms with Gasteiger partial charge in [-0.05, 0) is 0 Å². The fourth-order valence-electron chi connectivity index (χ4n) is 6.68. The van der Waals surface area contributed by atoms with E-state index in [9.17, 15) is 13.2 Å². The number of rotatable bonds is 9. The van der Waals surface area contributed by atoms with E-state index in [0.29, 0.717) is 16.5 Å². The molecule has 1 N–H and O–H groups in total. The van der Waals surface area contributed by atoms with Gasteiger partial charge in [0, 0.05) is 0 Å². The van der Waals surface area contributed by atoms with Gasteiger partial charge in [-0.2, -0.15) is 0 Å². The van der Waals surface area contributed by atoms with E-state index in [1.165, 1.54) is 16.7 Å². The Bertz CT molecular complexity index is 1520. The van der Waals surface area contributed by atoms with E-state index in [1.807, 2.05) is 31.7 Å². The second-order valence-corrected chi connectivity index (χ2v) is 19.2. The molecule has 236 valence electrons. The van der Waals surface area contributed by atoms with Crippen LogP contribution in [0, 0.1) is 0 Å². The van der Waals surface area contributed by atoms with Crippen molar-refractivity contribution in [3.8, 4) is 0 Å². The predicted octanol–water partition coefficient (Wildman–Crippen LogP) is 7.10. The number of piperidine rings is 1. The van der Waals surface area contributed by atoms with Crippen molar-refractivity contribution < 1.29 is 17.9 Å². The van der Waals surface area contributed by atoms with Crippen LogP contribution in [0.5, 0.6) is 0 Å². The number of halogens is 1. The van der Waals surface area contributed by atoms with Gasteiger partial charge in [0.25, 0.3) is 0 Å². The number of carbonyl (C=O) groups is 1. The molecule has 3 atom stereocenters. The zero-order valence-corrected chi connectivity index (χ0v) is 29.6. The van der Waals surface area contributed by atoms with Gasteiger partial charge < -0.3 is 0 Å². The molecule has 2 heterocycles. The zero-order chi connectivity index (χ0) is 31.4. The number of ether oxygens (including phenoxy) is 1. The Hall–Kier alpha value is -2.31. The van der Waals surface area contributed by atoms with Crippen molar-refractivity contribution in [2.24, 2.45) is 0 Å².